The summed E-state index contributed by atoms with van der Waals surface area (Å²) in [5, 5.41) is 14.7. The Bertz CT molecular complexity index is 593. The van der Waals surface area contributed by atoms with Crippen molar-refractivity contribution in [3.63, 3.8) is 0 Å². The largest absolute Gasteiger partial charge is 0.396 e. The van der Waals surface area contributed by atoms with Gasteiger partial charge in [0, 0.05) is 37.8 Å². The fourth-order valence-electron chi connectivity index (χ4n) is 4.36. The van der Waals surface area contributed by atoms with Crippen molar-refractivity contribution in [2.75, 3.05) is 38.2 Å². The van der Waals surface area contributed by atoms with Gasteiger partial charge in [-0.25, -0.2) is 0 Å². The van der Waals surface area contributed by atoms with Crippen LogP contribution in [0.5, 0.6) is 0 Å². The minimum atomic E-state index is -0.119. The normalized spacial score (nSPS) is 27.3. The fourth-order valence-corrected chi connectivity index (χ4v) is 4.77. The SMILES string of the molecule is CCn1ccc(CN2CC[C@@]3(CO)CCCN(C(=O)CSC)[C@@H]3C2)n1. The van der Waals surface area contributed by atoms with Crippen molar-refractivity contribution in [3.05, 3.63) is 18.0 Å². The number of aliphatic hydroxyl groups excluding tert-OH is 1. The lowest BCUT2D eigenvalue weighted by atomic mass is 9.69. The van der Waals surface area contributed by atoms with Gasteiger partial charge < -0.3 is 10.0 Å². The van der Waals surface area contributed by atoms with Crippen LogP contribution in [0.4, 0.5) is 0 Å². The molecule has 0 spiro atoms. The Balaban J connectivity index is 1.73. The molecule has 2 aliphatic heterocycles. The summed E-state index contributed by atoms with van der Waals surface area (Å²) in [6.45, 7) is 6.58. The smallest absolute Gasteiger partial charge is 0.232 e. The third-order valence-electron chi connectivity index (χ3n) is 5.82. The first-order valence-electron chi connectivity index (χ1n) is 9.26. The molecule has 25 heavy (non-hydrogen) atoms. The van der Waals surface area contributed by atoms with E-state index in [1.54, 1.807) is 11.8 Å². The highest BCUT2D eigenvalue weighted by Crippen LogP contribution is 2.42. The van der Waals surface area contributed by atoms with Gasteiger partial charge in [-0.1, -0.05) is 0 Å². The summed E-state index contributed by atoms with van der Waals surface area (Å²) in [4.78, 5) is 17.1. The van der Waals surface area contributed by atoms with Crippen LogP contribution in [0.15, 0.2) is 12.3 Å². The zero-order chi connectivity index (χ0) is 17.9. The predicted molar refractivity (Wildman–Crippen MR) is 100 cm³/mol. The van der Waals surface area contributed by atoms with E-state index in [2.05, 4.69) is 23.0 Å². The van der Waals surface area contributed by atoms with E-state index in [-0.39, 0.29) is 24.0 Å². The van der Waals surface area contributed by atoms with Crippen molar-refractivity contribution in [3.8, 4) is 0 Å². The Hall–Kier alpha value is -1.05. The van der Waals surface area contributed by atoms with Gasteiger partial charge >= 0.3 is 0 Å². The van der Waals surface area contributed by atoms with Crippen LogP contribution in [0.3, 0.4) is 0 Å². The van der Waals surface area contributed by atoms with Crippen LogP contribution in [-0.4, -0.2) is 74.9 Å². The highest BCUT2D eigenvalue weighted by atomic mass is 32.2. The summed E-state index contributed by atoms with van der Waals surface area (Å²) in [5.74, 6) is 0.742. The molecule has 1 N–H and O–H groups in total. The monoisotopic (exact) mass is 366 g/mol. The quantitative estimate of drug-likeness (QED) is 0.826. The van der Waals surface area contributed by atoms with Gasteiger partial charge in [0.05, 0.1) is 24.1 Å². The van der Waals surface area contributed by atoms with Crippen molar-refractivity contribution in [2.45, 2.75) is 45.3 Å². The molecule has 0 radical (unpaired) electrons. The molecular formula is C18H30N4O2S. The fraction of sp³-hybridized carbons (Fsp3) is 0.778. The van der Waals surface area contributed by atoms with Crippen LogP contribution in [-0.2, 0) is 17.9 Å². The van der Waals surface area contributed by atoms with E-state index in [0.717, 1.165) is 57.7 Å². The van der Waals surface area contributed by atoms with E-state index in [1.165, 1.54) is 0 Å². The molecule has 7 heteroatoms. The van der Waals surface area contributed by atoms with Gasteiger partial charge in [0.15, 0.2) is 0 Å². The minimum Gasteiger partial charge on any atom is -0.396 e. The van der Waals surface area contributed by atoms with Gasteiger partial charge in [0.25, 0.3) is 0 Å². The Kier molecular flexibility index (Phi) is 6.07. The number of carbonyl (C=O) groups is 1. The maximum Gasteiger partial charge on any atom is 0.232 e. The number of piperidine rings is 2. The second kappa shape index (κ2) is 8.10. The van der Waals surface area contributed by atoms with Crippen molar-refractivity contribution in [2.24, 2.45) is 5.41 Å². The number of carbonyl (C=O) groups excluding carboxylic acids is 1. The molecule has 1 aromatic heterocycles. The topological polar surface area (TPSA) is 61.6 Å². The molecule has 3 rings (SSSR count). The summed E-state index contributed by atoms with van der Waals surface area (Å²) in [6.07, 6.45) is 6.96. The van der Waals surface area contributed by atoms with Crippen molar-refractivity contribution < 1.29 is 9.90 Å². The van der Waals surface area contributed by atoms with Gasteiger partial charge in [-0.3, -0.25) is 14.4 Å². The molecular weight excluding hydrogens is 336 g/mol. The number of likely N-dealkylation sites (tertiary alicyclic amines) is 2. The molecule has 140 valence electrons. The van der Waals surface area contributed by atoms with Gasteiger partial charge in [-0.15, -0.1) is 0 Å². The first kappa shape index (κ1) is 18.7. The van der Waals surface area contributed by atoms with Crippen LogP contribution in [0.25, 0.3) is 0 Å². The number of rotatable bonds is 6. The molecule has 0 saturated carbocycles. The summed E-state index contributed by atoms with van der Waals surface area (Å²) >= 11 is 1.58. The molecule has 0 aliphatic carbocycles. The molecule has 6 nitrogen and oxygen atoms in total. The first-order chi connectivity index (χ1) is 12.1. The number of nitrogens with zero attached hydrogens (tertiary/aromatic N) is 4. The van der Waals surface area contributed by atoms with Gasteiger partial charge in [-0.2, -0.15) is 16.9 Å². The van der Waals surface area contributed by atoms with Gasteiger partial charge in [-0.05, 0) is 45.1 Å². The molecule has 2 atom stereocenters. The number of fused-ring (bicyclic) bond motifs is 1. The van der Waals surface area contributed by atoms with E-state index >= 15 is 0 Å². The third-order valence-corrected chi connectivity index (χ3v) is 6.36. The summed E-state index contributed by atoms with van der Waals surface area (Å²) < 4.78 is 1.95. The molecule has 2 saturated heterocycles. The van der Waals surface area contributed by atoms with Crippen LogP contribution >= 0.6 is 11.8 Å². The zero-order valence-corrected chi connectivity index (χ0v) is 16.2. The Morgan fingerprint density at radius 1 is 1.44 bits per heavy atom. The van der Waals surface area contributed by atoms with E-state index in [9.17, 15) is 9.90 Å². The average molecular weight is 367 g/mol. The van der Waals surface area contributed by atoms with Crippen molar-refractivity contribution in [1.82, 2.24) is 19.6 Å². The number of aliphatic hydroxyl groups is 1. The first-order valence-corrected chi connectivity index (χ1v) is 10.6. The molecule has 3 heterocycles. The molecule has 0 unspecified atom stereocenters. The number of aryl methyl sites for hydroxylation is 1. The lowest BCUT2D eigenvalue weighted by Gasteiger charge is -2.54. The second-order valence-electron chi connectivity index (χ2n) is 7.31. The molecule has 0 aromatic carbocycles. The maximum absolute atomic E-state index is 12.6. The molecule has 0 bridgehead atoms. The van der Waals surface area contributed by atoms with Crippen LogP contribution in [0, 0.1) is 5.41 Å². The lowest BCUT2D eigenvalue weighted by Crippen LogP contribution is -2.63. The standard InChI is InChI=1S/C18H30N4O2S/c1-3-21-9-5-15(19-21)11-20-10-7-18(14-23)6-4-8-22(16(18)12-20)17(24)13-25-2/h5,9,16,23H,3-4,6-8,10-14H2,1-2H3/t16-,18-/m1/s1. The average Bonchev–Trinajstić information content (AvgIpc) is 3.09. The van der Waals surface area contributed by atoms with Crippen LogP contribution in [0.2, 0.25) is 0 Å². The highest BCUT2D eigenvalue weighted by Gasteiger charge is 2.48. The number of thioether (sulfide) groups is 1. The summed E-state index contributed by atoms with van der Waals surface area (Å²) in [5.41, 5.74) is 0.960. The summed E-state index contributed by atoms with van der Waals surface area (Å²) in [6, 6.07) is 2.20. The summed E-state index contributed by atoms with van der Waals surface area (Å²) in [7, 11) is 0. The predicted octanol–water partition coefficient (Wildman–Crippen LogP) is 1.44. The zero-order valence-electron chi connectivity index (χ0n) is 15.4. The molecule has 2 fully saturated rings. The van der Waals surface area contributed by atoms with Crippen molar-refractivity contribution in [1.29, 1.82) is 0 Å². The van der Waals surface area contributed by atoms with E-state index in [4.69, 9.17) is 0 Å². The number of aromatic nitrogens is 2. The number of amides is 1. The number of hydrogen-bond donors (Lipinski definition) is 1. The molecule has 2 aliphatic rings. The van der Waals surface area contributed by atoms with Gasteiger partial charge in [0.2, 0.25) is 5.91 Å². The van der Waals surface area contributed by atoms with Crippen molar-refractivity contribution >= 4 is 17.7 Å². The Morgan fingerprint density at radius 3 is 2.96 bits per heavy atom. The van der Waals surface area contributed by atoms with E-state index in [0.29, 0.717) is 5.75 Å². The lowest BCUT2D eigenvalue weighted by molar-refractivity contribution is -0.144. The van der Waals surface area contributed by atoms with Crippen LogP contribution in [0.1, 0.15) is 31.9 Å². The highest BCUT2D eigenvalue weighted by molar-refractivity contribution is 7.99. The Morgan fingerprint density at radius 2 is 2.28 bits per heavy atom. The van der Waals surface area contributed by atoms with E-state index in [1.807, 2.05) is 22.0 Å². The third kappa shape index (κ3) is 3.88. The minimum absolute atomic E-state index is 0.118. The Labute approximate surface area is 154 Å². The van der Waals surface area contributed by atoms with Crippen LogP contribution < -0.4 is 0 Å². The van der Waals surface area contributed by atoms with E-state index < -0.39 is 0 Å². The maximum atomic E-state index is 12.6. The van der Waals surface area contributed by atoms with Gasteiger partial charge in [0.1, 0.15) is 0 Å². The molecule has 1 aromatic rings. The number of hydrogen-bond acceptors (Lipinski definition) is 5. The second-order valence-corrected chi connectivity index (χ2v) is 8.17. The molecule has 1 amide bonds.